The highest BCUT2D eigenvalue weighted by molar-refractivity contribution is 7.00. The number of anilines is 6. The molecule has 2 aromatic heterocycles. The van der Waals surface area contributed by atoms with E-state index in [9.17, 15) is 0 Å². The van der Waals surface area contributed by atoms with E-state index in [4.69, 9.17) is 4.42 Å². The molecule has 0 spiro atoms. The minimum Gasteiger partial charge on any atom is -0.456 e. The predicted octanol–water partition coefficient (Wildman–Crippen LogP) is 25.2. The lowest BCUT2D eigenvalue weighted by molar-refractivity contribution is 0.568. The zero-order chi connectivity index (χ0) is 70.8. The molecule has 14 aromatic rings. The molecule has 16 rings (SSSR count). The molecule has 0 N–H and O–H groups in total. The Kier molecular flexibility index (Phi) is 15.1. The zero-order valence-corrected chi connectivity index (χ0v) is 62.4. The minimum atomic E-state index is -0.311. The van der Waals surface area contributed by atoms with Gasteiger partial charge < -0.3 is 18.8 Å². The fourth-order valence-electron chi connectivity index (χ4n) is 15.9. The Morgan fingerprint density at radius 3 is 1.16 bits per heavy atom. The number of hydrogen-bond donors (Lipinski definition) is 0. The molecule has 0 aliphatic carbocycles. The van der Waals surface area contributed by atoms with Crippen molar-refractivity contribution in [3.8, 4) is 50.2 Å². The SMILES string of the molecule is CC(C)(C)c1ccc(-c2cc(N3c4cc(-c5cc(C(C)(C)C)cc(C(C)(C)C)c5)ccc4B4c5ccc(-c6cc(C(C)(C)C)cc(C(C)(C)C)c6)cc5N(c5cc(-c6ccccc6)cc6oc7ccccc7c56)c5cc(C(C)(C)C)cc3c54)c3c4ccccc4n(-c4ccccc4)c3c2)cc1. The van der Waals surface area contributed by atoms with Gasteiger partial charge in [-0.05, 0) is 200 Å². The van der Waals surface area contributed by atoms with Crippen LogP contribution in [0.1, 0.15) is 158 Å². The summed E-state index contributed by atoms with van der Waals surface area (Å²) in [4.78, 5) is 5.40. The topological polar surface area (TPSA) is 24.6 Å². The zero-order valence-electron chi connectivity index (χ0n) is 62.4. The van der Waals surface area contributed by atoms with E-state index in [2.05, 4.69) is 382 Å². The fraction of sp³-hybridized carbons (Fsp3) is 0.250. The van der Waals surface area contributed by atoms with Crippen LogP contribution in [-0.2, 0) is 32.5 Å². The summed E-state index contributed by atoms with van der Waals surface area (Å²) < 4.78 is 9.63. The van der Waals surface area contributed by atoms with Crippen LogP contribution in [0.5, 0.6) is 0 Å². The van der Waals surface area contributed by atoms with E-state index < -0.39 is 0 Å². The number of furan rings is 1. The van der Waals surface area contributed by atoms with E-state index in [1.807, 2.05) is 0 Å². The molecule has 101 heavy (non-hydrogen) atoms. The highest BCUT2D eigenvalue weighted by Crippen LogP contribution is 2.54. The second-order valence-corrected chi connectivity index (χ2v) is 35.2. The van der Waals surface area contributed by atoms with Crippen molar-refractivity contribution in [2.75, 3.05) is 9.80 Å². The molecule has 0 fully saturated rings. The number of para-hydroxylation sites is 3. The molecule has 0 amide bonds. The maximum atomic E-state index is 7.12. The second-order valence-electron chi connectivity index (χ2n) is 35.2. The number of rotatable bonds is 7. The third-order valence-electron chi connectivity index (χ3n) is 21.8. The van der Waals surface area contributed by atoms with Gasteiger partial charge in [-0.2, -0.15) is 0 Å². The Morgan fingerprint density at radius 1 is 0.257 bits per heavy atom. The Labute approximate surface area is 599 Å². The molecule has 2 aliphatic heterocycles. The molecule has 0 saturated heterocycles. The van der Waals surface area contributed by atoms with E-state index in [1.54, 1.807) is 0 Å². The third kappa shape index (κ3) is 11.3. The number of aromatic nitrogens is 1. The quantitative estimate of drug-likeness (QED) is 0.149. The van der Waals surface area contributed by atoms with Gasteiger partial charge in [0.2, 0.25) is 0 Å². The first-order valence-corrected chi connectivity index (χ1v) is 36.5. The van der Waals surface area contributed by atoms with Crippen molar-refractivity contribution >= 4 is 101 Å². The Morgan fingerprint density at radius 2 is 0.653 bits per heavy atom. The molecule has 2 aliphatic rings. The number of nitrogens with zero attached hydrogens (tertiary/aromatic N) is 3. The highest BCUT2D eigenvalue weighted by atomic mass is 16.3. The van der Waals surface area contributed by atoms with E-state index in [0.29, 0.717) is 0 Å². The smallest absolute Gasteiger partial charge is 0.252 e. The molecular weight excluding hydrogens is 1220 g/mol. The van der Waals surface area contributed by atoms with Crippen LogP contribution in [-0.4, -0.2) is 11.3 Å². The molecule has 4 nitrogen and oxygen atoms in total. The average Bonchev–Trinajstić information content (AvgIpc) is 1.50. The third-order valence-corrected chi connectivity index (χ3v) is 21.8. The van der Waals surface area contributed by atoms with Crippen molar-refractivity contribution in [3.63, 3.8) is 0 Å². The van der Waals surface area contributed by atoms with Gasteiger partial charge in [-0.25, -0.2) is 0 Å². The molecule has 0 saturated carbocycles. The van der Waals surface area contributed by atoms with E-state index in [0.717, 1.165) is 78.1 Å². The van der Waals surface area contributed by atoms with Gasteiger partial charge >= 0.3 is 0 Å². The number of hydrogen-bond acceptors (Lipinski definition) is 3. The molecule has 0 atom stereocenters. The van der Waals surface area contributed by atoms with Crippen molar-refractivity contribution < 1.29 is 4.42 Å². The van der Waals surface area contributed by atoms with Crippen LogP contribution in [0.4, 0.5) is 34.1 Å². The van der Waals surface area contributed by atoms with Gasteiger partial charge in [0, 0.05) is 44.6 Å². The first-order valence-electron chi connectivity index (χ1n) is 36.5. The van der Waals surface area contributed by atoms with Crippen molar-refractivity contribution in [2.45, 2.75) is 157 Å². The normalized spacial score (nSPS) is 13.6. The largest absolute Gasteiger partial charge is 0.456 e. The monoisotopic (exact) mass is 1320 g/mol. The van der Waals surface area contributed by atoms with Gasteiger partial charge in [-0.15, -0.1) is 0 Å². The van der Waals surface area contributed by atoms with Gasteiger partial charge in [-0.1, -0.05) is 294 Å². The minimum absolute atomic E-state index is 0.0170. The van der Waals surface area contributed by atoms with E-state index in [-0.39, 0.29) is 39.2 Å². The molecule has 0 radical (unpaired) electrons. The first kappa shape index (κ1) is 65.5. The van der Waals surface area contributed by atoms with Gasteiger partial charge in [0.1, 0.15) is 11.2 Å². The van der Waals surface area contributed by atoms with Crippen molar-refractivity contribution in [1.29, 1.82) is 0 Å². The maximum absolute atomic E-state index is 7.12. The van der Waals surface area contributed by atoms with Crippen LogP contribution in [0, 0.1) is 0 Å². The summed E-state index contributed by atoms with van der Waals surface area (Å²) >= 11 is 0. The van der Waals surface area contributed by atoms with Crippen LogP contribution in [0.25, 0.3) is 93.9 Å². The van der Waals surface area contributed by atoms with Crippen LogP contribution < -0.4 is 26.2 Å². The summed E-state index contributed by atoms with van der Waals surface area (Å²) in [6, 6.07) is 93.7. The Balaban J connectivity index is 1.09. The van der Waals surface area contributed by atoms with Gasteiger partial charge in [-0.3, -0.25) is 0 Å². The molecule has 0 unspecified atom stereocenters. The summed E-state index contributed by atoms with van der Waals surface area (Å²) in [5.41, 5.74) is 32.3. The molecular formula is C96H94BN3O. The summed E-state index contributed by atoms with van der Waals surface area (Å²) in [6.07, 6.45) is 0. The van der Waals surface area contributed by atoms with Gasteiger partial charge in [0.15, 0.2) is 0 Å². The summed E-state index contributed by atoms with van der Waals surface area (Å²) in [5, 5.41) is 4.56. The summed E-state index contributed by atoms with van der Waals surface area (Å²) in [6.45, 7) is 42.1. The number of fused-ring (bicyclic) bond motifs is 10. The molecule has 502 valence electrons. The van der Waals surface area contributed by atoms with Crippen LogP contribution in [0.3, 0.4) is 0 Å². The molecule has 0 bridgehead atoms. The number of benzene rings is 12. The lowest BCUT2D eigenvalue weighted by atomic mass is 9.33. The average molecular weight is 1320 g/mol. The molecule has 5 heteroatoms. The summed E-state index contributed by atoms with van der Waals surface area (Å²) in [7, 11) is 0. The van der Waals surface area contributed by atoms with E-state index >= 15 is 0 Å². The van der Waals surface area contributed by atoms with Crippen molar-refractivity contribution in [1.82, 2.24) is 4.57 Å². The lowest BCUT2D eigenvalue weighted by Crippen LogP contribution is -2.61. The fourth-order valence-corrected chi connectivity index (χ4v) is 15.9. The van der Waals surface area contributed by atoms with Gasteiger partial charge in [0.05, 0.1) is 27.8 Å². The first-order chi connectivity index (χ1) is 47.8. The Bertz CT molecular complexity index is 5580. The van der Waals surface area contributed by atoms with E-state index in [1.165, 1.54) is 99.7 Å². The standard InChI is InChI=1S/C96H94BN3O/c1-91(2,3)67-41-37-60(38-42-67)65-51-81-88(74-33-25-27-35-78(74)98(81)73-31-23-20-24-32-73)82(52-65)99-79-49-61(63-45-68(92(4,5)6)55-69(46-63)93(7,8)9)39-43-76(79)97-77-44-40-62(64-47-70(94(10,11)12)56-71(48-64)95(13,14)15)50-80(77)100(85-58-72(96(16,17)18)57-84(99)90(85)97)83-53-66(59-29-21-19-22-30-59)54-87-89(83)75-34-26-28-36-86(75)101-87/h19-58H,1-18H3. The highest BCUT2D eigenvalue weighted by Gasteiger charge is 2.46. The van der Waals surface area contributed by atoms with Gasteiger partial charge in [0.25, 0.3) is 6.71 Å². The predicted molar refractivity (Wildman–Crippen MR) is 436 cm³/mol. The lowest BCUT2D eigenvalue weighted by Gasteiger charge is -2.45. The molecule has 12 aromatic carbocycles. The van der Waals surface area contributed by atoms with Crippen molar-refractivity contribution in [2.24, 2.45) is 0 Å². The molecule has 4 heterocycles. The van der Waals surface area contributed by atoms with Crippen LogP contribution >= 0.6 is 0 Å². The van der Waals surface area contributed by atoms with Crippen molar-refractivity contribution in [3.05, 3.63) is 276 Å². The van der Waals surface area contributed by atoms with Crippen LogP contribution in [0.15, 0.2) is 247 Å². The van der Waals surface area contributed by atoms with Crippen LogP contribution in [0.2, 0.25) is 0 Å². The summed E-state index contributed by atoms with van der Waals surface area (Å²) in [5.74, 6) is 0. The second kappa shape index (κ2) is 23.2. The Hall–Kier alpha value is -10.1. The maximum Gasteiger partial charge on any atom is 0.252 e.